The van der Waals surface area contributed by atoms with Gasteiger partial charge in [0.2, 0.25) is 10.0 Å². The molecular weight excluding hydrogens is 314 g/mol. The van der Waals surface area contributed by atoms with Gasteiger partial charge >= 0.3 is 0 Å². The molecule has 0 bridgehead atoms. The number of primary sulfonamides is 1. The Labute approximate surface area is 115 Å². The van der Waals surface area contributed by atoms with Crippen LogP contribution in [0.15, 0.2) is 21.6 Å². The van der Waals surface area contributed by atoms with Crippen LogP contribution in [0.4, 0.5) is 0 Å². The van der Waals surface area contributed by atoms with E-state index in [1.165, 1.54) is 6.08 Å². The predicted molar refractivity (Wildman–Crippen MR) is 71.0 cm³/mol. The van der Waals surface area contributed by atoms with Gasteiger partial charge in [0.1, 0.15) is 21.2 Å². The summed E-state index contributed by atoms with van der Waals surface area (Å²) >= 11 is 0.705. The fraction of sp³-hybridized carbons (Fsp3) is 0.556. The van der Waals surface area contributed by atoms with Crippen molar-refractivity contribution in [1.29, 1.82) is 0 Å². The van der Waals surface area contributed by atoms with Crippen LogP contribution in [-0.2, 0) is 24.6 Å². The molecule has 0 aromatic carbocycles. The zero-order valence-corrected chi connectivity index (χ0v) is 12.2. The van der Waals surface area contributed by atoms with E-state index in [0.717, 1.165) is 0 Å². The molecule has 0 radical (unpaired) electrons. The minimum atomic E-state index is -3.93. The van der Waals surface area contributed by atoms with Crippen LogP contribution in [0.2, 0.25) is 0 Å². The molecule has 0 fully saturated rings. The summed E-state index contributed by atoms with van der Waals surface area (Å²) in [5.41, 5.74) is 0.314. The summed E-state index contributed by atoms with van der Waals surface area (Å²) in [5, 5.41) is 13.7. The lowest BCUT2D eigenvalue weighted by molar-refractivity contribution is 0.139. The second-order valence-corrected chi connectivity index (χ2v) is 9.46. The predicted octanol–water partition coefficient (Wildman–Crippen LogP) is -0.729. The van der Waals surface area contributed by atoms with Crippen LogP contribution in [0.5, 0.6) is 0 Å². The highest BCUT2D eigenvalue weighted by Gasteiger charge is 2.42. The summed E-state index contributed by atoms with van der Waals surface area (Å²) in [7, 11) is -7.36. The van der Waals surface area contributed by atoms with Gasteiger partial charge in [-0.2, -0.15) is 0 Å². The molecule has 1 atom stereocenters. The van der Waals surface area contributed by atoms with E-state index in [1.807, 2.05) is 0 Å². The Morgan fingerprint density at radius 1 is 1.53 bits per heavy atom. The summed E-state index contributed by atoms with van der Waals surface area (Å²) in [6.45, 7) is -0.165. The van der Waals surface area contributed by atoms with Crippen molar-refractivity contribution in [3.05, 3.63) is 21.6 Å². The largest absolute Gasteiger partial charge is 0.495 e. The Kier molecular flexibility index (Phi) is 3.98. The molecule has 10 heteroatoms. The molecule has 7 nitrogen and oxygen atoms in total. The summed E-state index contributed by atoms with van der Waals surface area (Å²) < 4.78 is 50.6. The highest BCUT2D eigenvalue weighted by molar-refractivity contribution is 8.24. The summed E-state index contributed by atoms with van der Waals surface area (Å²) in [5.74, 6) is 0.292. The Hall–Kier alpha value is -0.550. The zero-order valence-electron chi connectivity index (χ0n) is 9.77. The molecule has 0 saturated carbocycles. The van der Waals surface area contributed by atoms with Gasteiger partial charge in [0, 0.05) is 12.0 Å². The molecule has 0 aromatic heterocycles. The number of fused-ring (bicyclic) bond motifs is 1. The van der Waals surface area contributed by atoms with Crippen LogP contribution in [0.25, 0.3) is 0 Å². The van der Waals surface area contributed by atoms with Gasteiger partial charge in [-0.05, 0) is 6.08 Å². The third kappa shape index (κ3) is 2.97. The van der Waals surface area contributed by atoms with Crippen molar-refractivity contribution in [1.82, 2.24) is 0 Å². The summed E-state index contributed by atoms with van der Waals surface area (Å²) in [6, 6.07) is 0. The number of thioether (sulfide) groups is 1. The average molecular weight is 327 g/mol. The maximum Gasteiger partial charge on any atom is 0.244 e. The molecule has 3 N–H and O–H groups in total. The molecule has 2 aliphatic rings. The Morgan fingerprint density at radius 3 is 2.79 bits per heavy atom. The number of nitrogens with two attached hydrogens (primary N) is 1. The SMILES string of the molecule is NS(=O)(=O)C1=CC2=C(OCCO)CCS(=O)(=O)C2S1. The molecule has 0 amide bonds. The maximum atomic E-state index is 11.9. The number of sulfone groups is 1. The number of aliphatic hydroxyl groups is 1. The highest BCUT2D eigenvalue weighted by atomic mass is 32.3. The normalized spacial score (nSPS) is 26.0. The topological polar surface area (TPSA) is 124 Å². The molecule has 108 valence electrons. The third-order valence-corrected chi connectivity index (χ3v) is 7.99. The van der Waals surface area contributed by atoms with E-state index in [1.54, 1.807) is 0 Å². The van der Waals surface area contributed by atoms with Crippen LogP contribution in [0, 0.1) is 0 Å². The molecule has 1 unspecified atom stereocenters. The molecule has 2 heterocycles. The smallest absolute Gasteiger partial charge is 0.244 e. The second kappa shape index (κ2) is 5.09. The lowest BCUT2D eigenvalue weighted by atomic mass is 10.2. The van der Waals surface area contributed by atoms with Crippen LogP contribution in [-0.4, -0.2) is 45.5 Å². The van der Waals surface area contributed by atoms with Crippen molar-refractivity contribution >= 4 is 31.6 Å². The van der Waals surface area contributed by atoms with Gasteiger partial charge in [-0.3, -0.25) is 0 Å². The lowest BCUT2D eigenvalue weighted by Crippen LogP contribution is -2.27. The molecule has 0 aliphatic carbocycles. The van der Waals surface area contributed by atoms with Crippen molar-refractivity contribution < 1.29 is 26.7 Å². The Bertz CT molecular complexity index is 645. The standard InChI is InChI=1S/C9H13NO6S3/c10-19(14,15)8-5-6-7(16-3-2-11)1-4-18(12,13)9(6)17-8/h5,9,11H,1-4H2,(H2,10,14,15). The monoisotopic (exact) mass is 327 g/mol. The first-order valence-corrected chi connectivity index (χ1v) is 9.49. The molecular formula is C9H13NO6S3. The highest BCUT2D eigenvalue weighted by Crippen LogP contribution is 2.45. The van der Waals surface area contributed by atoms with E-state index < -0.39 is 24.4 Å². The first-order chi connectivity index (χ1) is 8.75. The second-order valence-electron chi connectivity index (χ2n) is 4.03. The van der Waals surface area contributed by atoms with Crippen LogP contribution in [0.3, 0.4) is 0 Å². The van der Waals surface area contributed by atoms with Crippen LogP contribution in [0.1, 0.15) is 6.42 Å². The van der Waals surface area contributed by atoms with E-state index in [0.29, 0.717) is 23.1 Å². The van der Waals surface area contributed by atoms with Crippen molar-refractivity contribution in [3.8, 4) is 0 Å². The Morgan fingerprint density at radius 2 is 2.21 bits per heavy atom. The van der Waals surface area contributed by atoms with Crippen molar-refractivity contribution in [2.45, 2.75) is 11.0 Å². The molecule has 19 heavy (non-hydrogen) atoms. The van der Waals surface area contributed by atoms with Gasteiger partial charge in [0.25, 0.3) is 0 Å². The average Bonchev–Trinajstić information content (AvgIpc) is 2.74. The summed E-state index contributed by atoms with van der Waals surface area (Å²) in [6.07, 6.45) is 1.41. The van der Waals surface area contributed by atoms with Crippen LogP contribution < -0.4 is 5.14 Å². The van der Waals surface area contributed by atoms with E-state index >= 15 is 0 Å². The third-order valence-electron chi connectivity index (χ3n) is 2.66. The number of hydrogen-bond donors (Lipinski definition) is 2. The first-order valence-electron chi connectivity index (χ1n) is 5.35. The maximum absolute atomic E-state index is 11.9. The molecule has 2 rings (SSSR count). The number of aliphatic hydroxyl groups excluding tert-OH is 1. The van der Waals surface area contributed by atoms with Crippen molar-refractivity contribution in [3.63, 3.8) is 0 Å². The lowest BCUT2D eigenvalue weighted by Gasteiger charge is -2.22. The quantitative estimate of drug-likeness (QED) is 0.697. The van der Waals surface area contributed by atoms with Crippen molar-refractivity contribution in [2.75, 3.05) is 19.0 Å². The fourth-order valence-corrected chi connectivity index (χ4v) is 6.32. The van der Waals surface area contributed by atoms with Gasteiger partial charge in [-0.1, -0.05) is 11.8 Å². The van der Waals surface area contributed by atoms with Crippen LogP contribution >= 0.6 is 11.8 Å². The number of allylic oxidation sites excluding steroid dienone is 2. The van der Waals surface area contributed by atoms with E-state index in [-0.39, 0.29) is 29.6 Å². The number of ether oxygens (including phenoxy) is 1. The number of hydrogen-bond acceptors (Lipinski definition) is 7. The minimum Gasteiger partial charge on any atom is -0.495 e. The number of rotatable bonds is 4. The first kappa shape index (κ1) is 14.9. The van der Waals surface area contributed by atoms with Gasteiger partial charge in [0.15, 0.2) is 9.84 Å². The summed E-state index contributed by atoms with van der Waals surface area (Å²) in [4.78, 5) is 0. The van der Waals surface area contributed by atoms with Crippen molar-refractivity contribution in [2.24, 2.45) is 5.14 Å². The molecule has 0 spiro atoms. The Balaban J connectivity index is 2.44. The molecule has 2 aliphatic heterocycles. The van der Waals surface area contributed by atoms with E-state index in [4.69, 9.17) is 15.0 Å². The van der Waals surface area contributed by atoms with Gasteiger partial charge < -0.3 is 9.84 Å². The fourth-order valence-electron chi connectivity index (χ4n) is 1.84. The van der Waals surface area contributed by atoms with E-state index in [2.05, 4.69) is 0 Å². The van der Waals surface area contributed by atoms with Gasteiger partial charge in [-0.15, -0.1) is 0 Å². The van der Waals surface area contributed by atoms with Gasteiger partial charge in [0.05, 0.1) is 12.4 Å². The minimum absolute atomic E-state index is 0.0365. The van der Waals surface area contributed by atoms with E-state index in [9.17, 15) is 16.8 Å². The van der Waals surface area contributed by atoms with Gasteiger partial charge in [-0.25, -0.2) is 22.0 Å². The molecule has 0 saturated heterocycles. The zero-order chi connectivity index (χ0) is 14.3. The number of sulfonamides is 1. The molecule has 0 aromatic rings.